The number of amides is 2. The predicted molar refractivity (Wildman–Crippen MR) is 43.1 cm³/mol. The van der Waals surface area contributed by atoms with Gasteiger partial charge in [0.05, 0.1) is 0 Å². The van der Waals surface area contributed by atoms with E-state index in [0.29, 0.717) is 0 Å². The zero-order valence-corrected chi connectivity index (χ0v) is 7.26. The molecule has 2 amide bonds. The summed E-state index contributed by atoms with van der Waals surface area (Å²) in [6.07, 6.45) is 0. The van der Waals surface area contributed by atoms with Crippen molar-refractivity contribution in [1.29, 1.82) is 0 Å². The number of aliphatic hydroxyl groups is 1. The lowest BCUT2D eigenvalue weighted by atomic mass is 9.95. The maximum atomic E-state index is 10.6. The number of hydrogen-bond acceptors (Lipinski definition) is 3. The van der Waals surface area contributed by atoms with Crippen LogP contribution in [0.4, 0.5) is 0 Å². The van der Waals surface area contributed by atoms with Crippen molar-refractivity contribution < 1.29 is 14.7 Å². The van der Waals surface area contributed by atoms with Gasteiger partial charge in [-0.3, -0.25) is 9.59 Å². The van der Waals surface area contributed by atoms with Crippen LogP contribution in [0, 0.1) is 5.41 Å². The third kappa shape index (κ3) is 3.92. The molecule has 0 spiro atoms. The van der Waals surface area contributed by atoms with Gasteiger partial charge < -0.3 is 16.2 Å². The summed E-state index contributed by atoms with van der Waals surface area (Å²) in [4.78, 5) is 20.9. The second-order valence-corrected chi connectivity index (χ2v) is 3.37. The van der Waals surface area contributed by atoms with E-state index in [-0.39, 0.29) is 13.2 Å². The van der Waals surface area contributed by atoms with E-state index < -0.39 is 17.2 Å². The summed E-state index contributed by atoms with van der Waals surface area (Å²) in [5.41, 5.74) is 4.27. The minimum absolute atomic E-state index is 0.0635. The van der Waals surface area contributed by atoms with Crippen LogP contribution < -0.4 is 11.1 Å². The molecule has 0 bridgehead atoms. The zero-order chi connectivity index (χ0) is 9.78. The van der Waals surface area contributed by atoms with Crippen molar-refractivity contribution >= 4 is 11.8 Å². The maximum absolute atomic E-state index is 10.6. The van der Waals surface area contributed by atoms with Crippen molar-refractivity contribution in [2.45, 2.75) is 13.8 Å². The Morgan fingerprint density at radius 3 is 2.33 bits per heavy atom. The molecule has 0 atom stereocenters. The summed E-state index contributed by atoms with van der Waals surface area (Å²) in [5.74, 6) is -1.83. The Labute approximate surface area is 70.9 Å². The lowest BCUT2D eigenvalue weighted by Crippen LogP contribution is -2.42. The van der Waals surface area contributed by atoms with Crippen LogP contribution in [0.25, 0.3) is 0 Å². The van der Waals surface area contributed by atoms with Crippen LogP contribution >= 0.6 is 0 Å². The highest BCUT2D eigenvalue weighted by molar-refractivity contribution is 6.34. The van der Waals surface area contributed by atoms with Gasteiger partial charge in [-0.15, -0.1) is 0 Å². The first kappa shape index (κ1) is 10.9. The average Bonchev–Trinajstić information content (AvgIpc) is 2.00. The number of aliphatic hydroxyl groups excluding tert-OH is 1. The van der Waals surface area contributed by atoms with Crippen molar-refractivity contribution in [2.75, 3.05) is 13.2 Å². The standard InChI is InChI=1S/C7H14N2O3/c1-7(2,4-10)3-9-6(12)5(8)11/h10H,3-4H2,1-2H3,(H2,8,11)(H,9,12). The maximum Gasteiger partial charge on any atom is 0.309 e. The molecule has 0 radical (unpaired) electrons. The fourth-order valence-electron chi connectivity index (χ4n) is 0.463. The molecule has 0 heterocycles. The van der Waals surface area contributed by atoms with Crippen LogP contribution in [-0.4, -0.2) is 30.1 Å². The first-order chi connectivity index (χ1) is 5.39. The molecule has 0 aromatic rings. The topological polar surface area (TPSA) is 92.4 Å². The molecular weight excluding hydrogens is 160 g/mol. The van der Waals surface area contributed by atoms with Crippen molar-refractivity contribution in [1.82, 2.24) is 5.32 Å². The van der Waals surface area contributed by atoms with Crippen LogP contribution in [0.5, 0.6) is 0 Å². The van der Waals surface area contributed by atoms with Crippen LogP contribution in [0.2, 0.25) is 0 Å². The van der Waals surface area contributed by atoms with Crippen molar-refractivity contribution in [3.8, 4) is 0 Å². The molecule has 0 saturated heterocycles. The molecule has 70 valence electrons. The molecule has 0 saturated carbocycles. The van der Waals surface area contributed by atoms with Gasteiger partial charge in [0.15, 0.2) is 0 Å². The molecule has 0 unspecified atom stereocenters. The van der Waals surface area contributed by atoms with E-state index >= 15 is 0 Å². The number of rotatable bonds is 3. The smallest absolute Gasteiger partial charge is 0.309 e. The average molecular weight is 174 g/mol. The zero-order valence-electron chi connectivity index (χ0n) is 7.26. The largest absolute Gasteiger partial charge is 0.396 e. The Hall–Kier alpha value is -1.10. The van der Waals surface area contributed by atoms with E-state index in [4.69, 9.17) is 10.8 Å². The van der Waals surface area contributed by atoms with Gasteiger partial charge in [0.1, 0.15) is 0 Å². The second-order valence-electron chi connectivity index (χ2n) is 3.37. The lowest BCUT2D eigenvalue weighted by molar-refractivity contribution is -0.137. The number of nitrogens with two attached hydrogens (primary N) is 1. The SMILES string of the molecule is CC(C)(CO)CNC(=O)C(N)=O. The van der Waals surface area contributed by atoms with Crippen LogP contribution in [-0.2, 0) is 9.59 Å². The number of carbonyl (C=O) groups excluding carboxylic acids is 2. The number of primary amides is 1. The highest BCUT2D eigenvalue weighted by Crippen LogP contribution is 2.10. The minimum Gasteiger partial charge on any atom is -0.396 e. The normalized spacial score (nSPS) is 10.9. The highest BCUT2D eigenvalue weighted by atomic mass is 16.3. The molecule has 0 aliphatic heterocycles. The molecule has 0 rings (SSSR count). The molecule has 5 nitrogen and oxygen atoms in total. The van der Waals surface area contributed by atoms with E-state index in [1.54, 1.807) is 13.8 Å². The summed E-state index contributed by atoms with van der Waals surface area (Å²) in [6, 6.07) is 0. The Morgan fingerprint density at radius 1 is 1.50 bits per heavy atom. The van der Waals surface area contributed by atoms with Gasteiger partial charge in [-0.25, -0.2) is 0 Å². The number of hydrogen-bond donors (Lipinski definition) is 3. The minimum atomic E-state index is -1.01. The van der Waals surface area contributed by atoms with Crippen LogP contribution in [0.1, 0.15) is 13.8 Å². The van der Waals surface area contributed by atoms with Gasteiger partial charge in [0.2, 0.25) is 0 Å². The van der Waals surface area contributed by atoms with Gasteiger partial charge in [0, 0.05) is 18.6 Å². The first-order valence-corrected chi connectivity index (χ1v) is 3.57. The van der Waals surface area contributed by atoms with Crippen LogP contribution in [0.15, 0.2) is 0 Å². The van der Waals surface area contributed by atoms with Gasteiger partial charge in [-0.05, 0) is 0 Å². The Bertz CT molecular complexity index is 189. The van der Waals surface area contributed by atoms with Gasteiger partial charge in [-0.1, -0.05) is 13.8 Å². The summed E-state index contributed by atoms with van der Waals surface area (Å²) >= 11 is 0. The second kappa shape index (κ2) is 4.06. The molecule has 0 aromatic carbocycles. The quantitative estimate of drug-likeness (QED) is 0.460. The first-order valence-electron chi connectivity index (χ1n) is 3.57. The molecule has 0 aliphatic rings. The fraction of sp³-hybridized carbons (Fsp3) is 0.714. The summed E-state index contributed by atoms with van der Waals surface area (Å²) < 4.78 is 0. The lowest BCUT2D eigenvalue weighted by Gasteiger charge is -2.21. The van der Waals surface area contributed by atoms with Crippen molar-refractivity contribution in [3.05, 3.63) is 0 Å². The van der Waals surface area contributed by atoms with Gasteiger partial charge in [-0.2, -0.15) is 0 Å². The molecule has 12 heavy (non-hydrogen) atoms. The Balaban J connectivity index is 3.83. The highest BCUT2D eigenvalue weighted by Gasteiger charge is 2.18. The fourth-order valence-corrected chi connectivity index (χ4v) is 0.463. The molecule has 4 N–H and O–H groups in total. The summed E-state index contributed by atoms with van der Waals surface area (Å²) in [6.45, 7) is 3.68. The summed E-state index contributed by atoms with van der Waals surface area (Å²) in [5, 5.41) is 11.1. The van der Waals surface area contributed by atoms with E-state index in [1.165, 1.54) is 0 Å². The third-order valence-corrected chi connectivity index (χ3v) is 1.38. The van der Waals surface area contributed by atoms with E-state index in [0.717, 1.165) is 0 Å². The third-order valence-electron chi connectivity index (χ3n) is 1.38. The predicted octanol–water partition coefficient (Wildman–Crippen LogP) is -1.39. The van der Waals surface area contributed by atoms with Gasteiger partial charge >= 0.3 is 11.8 Å². The Morgan fingerprint density at radius 2 is 2.00 bits per heavy atom. The number of nitrogens with one attached hydrogen (secondary N) is 1. The monoisotopic (exact) mass is 174 g/mol. The van der Waals surface area contributed by atoms with E-state index in [2.05, 4.69) is 5.32 Å². The molecule has 0 fully saturated rings. The number of carbonyl (C=O) groups is 2. The van der Waals surface area contributed by atoms with E-state index in [1.807, 2.05) is 0 Å². The van der Waals surface area contributed by atoms with Crippen molar-refractivity contribution in [3.63, 3.8) is 0 Å². The van der Waals surface area contributed by atoms with E-state index in [9.17, 15) is 9.59 Å². The summed E-state index contributed by atoms with van der Waals surface area (Å²) in [7, 11) is 0. The molecule has 5 heteroatoms. The van der Waals surface area contributed by atoms with Crippen LogP contribution in [0.3, 0.4) is 0 Å². The van der Waals surface area contributed by atoms with Crippen molar-refractivity contribution in [2.24, 2.45) is 11.1 Å². The molecular formula is C7H14N2O3. The molecule has 0 aliphatic carbocycles. The Kier molecular flexibility index (Phi) is 3.69. The van der Waals surface area contributed by atoms with Gasteiger partial charge in [0.25, 0.3) is 0 Å². The molecule has 0 aromatic heterocycles.